The van der Waals surface area contributed by atoms with Crippen molar-refractivity contribution in [2.24, 2.45) is 5.92 Å². The van der Waals surface area contributed by atoms with Crippen molar-refractivity contribution < 1.29 is 4.79 Å². The summed E-state index contributed by atoms with van der Waals surface area (Å²) in [5.74, 6) is 0.312. The topological polar surface area (TPSA) is 53.2 Å². The lowest BCUT2D eigenvalue weighted by Gasteiger charge is -2.22. The summed E-state index contributed by atoms with van der Waals surface area (Å²) in [5, 5.41) is 9.94. The summed E-state index contributed by atoms with van der Waals surface area (Å²) in [6, 6.07) is 8.71. The molecule has 2 aliphatic rings. The van der Waals surface area contributed by atoms with Crippen LogP contribution in [-0.2, 0) is 4.79 Å². The molecule has 1 heterocycles. The van der Waals surface area contributed by atoms with Crippen molar-refractivity contribution in [3.63, 3.8) is 0 Å². The highest BCUT2D eigenvalue weighted by molar-refractivity contribution is 5.93. The SMILES string of the molecule is O=C(Nc1cccc(NC2CCCC2)c1)C1CCNCC1. The Kier molecular flexibility index (Phi) is 4.76. The van der Waals surface area contributed by atoms with Crippen molar-refractivity contribution in [2.75, 3.05) is 23.7 Å². The molecule has 4 nitrogen and oxygen atoms in total. The van der Waals surface area contributed by atoms with Crippen molar-refractivity contribution >= 4 is 17.3 Å². The van der Waals surface area contributed by atoms with E-state index in [2.05, 4.69) is 28.1 Å². The van der Waals surface area contributed by atoms with E-state index in [1.807, 2.05) is 12.1 Å². The molecule has 0 atom stereocenters. The Morgan fingerprint density at radius 1 is 1.05 bits per heavy atom. The summed E-state index contributed by atoms with van der Waals surface area (Å²) >= 11 is 0. The molecule has 3 rings (SSSR count). The molecule has 1 aromatic rings. The van der Waals surface area contributed by atoms with Gasteiger partial charge >= 0.3 is 0 Å². The Hall–Kier alpha value is -1.55. The Balaban J connectivity index is 1.58. The highest BCUT2D eigenvalue weighted by Crippen LogP contribution is 2.24. The second-order valence-corrected chi connectivity index (χ2v) is 6.22. The van der Waals surface area contributed by atoms with Crippen molar-refractivity contribution in [3.05, 3.63) is 24.3 Å². The number of anilines is 2. The van der Waals surface area contributed by atoms with Gasteiger partial charge in [-0.25, -0.2) is 0 Å². The summed E-state index contributed by atoms with van der Waals surface area (Å²) in [4.78, 5) is 12.3. The van der Waals surface area contributed by atoms with Crippen LogP contribution in [0.2, 0.25) is 0 Å². The maximum atomic E-state index is 12.3. The van der Waals surface area contributed by atoms with Crippen LogP contribution in [0.1, 0.15) is 38.5 Å². The van der Waals surface area contributed by atoms with Gasteiger partial charge in [-0.15, -0.1) is 0 Å². The van der Waals surface area contributed by atoms with E-state index in [1.54, 1.807) is 0 Å². The van der Waals surface area contributed by atoms with E-state index in [1.165, 1.54) is 25.7 Å². The molecule has 4 heteroatoms. The zero-order chi connectivity index (χ0) is 14.5. The molecule has 1 saturated heterocycles. The summed E-state index contributed by atoms with van der Waals surface area (Å²) in [6.07, 6.45) is 7.03. The van der Waals surface area contributed by atoms with E-state index < -0.39 is 0 Å². The molecule has 0 radical (unpaired) electrons. The van der Waals surface area contributed by atoms with Crippen LogP contribution in [0, 0.1) is 5.92 Å². The minimum Gasteiger partial charge on any atom is -0.382 e. The van der Waals surface area contributed by atoms with Crippen LogP contribution in [0.25, 0.3) is 0 Å². The molecule has 1 aliphatic heterocycles. The lowest BCUT2D eigenvalue weighted by Crippen LogP contribution is -2.34. The standard InChI is InChI=1S/C17H25N3O/c21-17(13-8-10-18-11-9-13)20-16-7-3-6-15(12-16)19-14-4-1-2-5-14/h3,6-7,12-14,18-19H,1-2,4-5,8-11H2,(H,20,21). The smallest absolute Gasteiger partial charge is 0.227 e. The fraction of sp³-hybridized carbons (Fsp3) is 0.588. The monoisotopic (exact) mass is 287 g/mol. The fourth-order valence-corrected chi connectivity index (χ4v) is 3.32. The van der Waals surface area contributed by atoms with Gasteiger partial charge in [0.15, 0.2) is 0 Å². The number of benzene rings is 1. The number of amides is 1. The predicted molar refractivity (Wildman–Crippen MR) is 86.5 cm³/mol. The zero-order valence-electron chi connectivity index (χ0n) is 12.5. The number of rotatable bonds is 4. The average molecular weight is 287 g/mol. The summed E-state index contributed by atoms with van der Waals surface area (Å²) in [5.41, 5.74) is 2.02. The molecule has 1 amide bonds. The van der Waals surface area contributed by atoms with Crippen LogP contribution in [0.3, 0.4) is 0 Å². The molecule has 0 aromatic heterocycles. The van der Waals surface area contributed by atoms with Crippen LogP contribution in [0.15, 0.2) is 24.3 Å². The van der Waals surface area contributed by atoms with E-state index in [-0.39, 0.29) is 11.8 Å². The molecule has 114 valence electrons. The van der Waals surface area contributed by atoms with Crippen LogP contribution in [0.5, 0.6) is 0 Å². The van der Waals surface area contributed by atoms with Gasteiger partial charge in [0, 0.05) is 23.3 Å². The number of hydrogen-bond donors (Lipinski definition) is 3. The van der Waals surface area contributed by atoms with Crippen molar-refractivity contribution in [1.82, 2.24) is 5.32 Å². The molecular weight excluding hydrogens is 262 g/mol. The molecule has 2 fully saturated rings. The maximum Gasteiger partial charge on any atom is 0.227 e. The van der Waals surface area contributed by atoms with Gasteiger partial charge in [-0.3, -0.25) is 4.79 Å². The Morgan fingerprint density at radius 2 is 1.76 bits per heavy atom. The first-order valence-corrected chi connectivity index (χ1v) is 8.19. The lowest BCUT2D eigenvalue weighted by molar-refractivity contribution is -0.120. The Morgan fingerprint density at radius 3 is 2.52 bits per heavy atom. The Bertz CT molecular complexity index is 477. The summed E-state index contributed by atoms with van der Waals surface area (Å²) in [6.45, 7) is 1.89. The van der Waals surface area contributed by atoms with Crippen molar-refractivity contribution in [3.8, 4) is 0 Å². The van der Waals surface area contributed by atoms with Gasteiger partial charge in [-0.1, -0.05) is 18.9 Å². The molecule has 21 heavy (non-hydrogen) atoms. The van der Waals surface area contributed by atoms with Crippen molar-refractivity contribution in [1.29, 1.82) is 0 Å². The second-order valence-electron chi connectivity index (χ2n) is 6.22. The van der Waals surface area contributed by atoms with Gasteiger partial charge in [0.25, 0.3) is 0 Å². The minimum absolute atomic E-state index is 0.151. The van der Waals surface area contributed by atoms with Gasteiger partial charge in [0.1, 0.15) is 0 Å². The summed E-state index contributed by atoms with van der Waals surface area (Å²) < 4.78 is 0. The van der Waals surface area contributed by atoms with Gasteiger partial charge in [-0.2, -0.15) is 0 Å². The quantitative estimate of drug-likeness (QED) is 0.798. The second kappa shape index (κ2) is 6.94. The van der Waals surface area contributed by atoms with Gasteiger partial charge in [-0.05, 0) is 57.0 Å². The predicted octanol–water partition coefficient (Wildman–Crippen LogP) is 2.98. The van der Waals surface area contributed by atoms with E-state index >= 15 is 0 Å². The highest BCUT2D eigenvalue weighted by atomic mass is 16.1. The Labute approximate surface area is 126 Å². The number of carbonyl (C=O) groups is 1. The third kappa shape index (κ3) is 3.97. The minimum atomic E-state index is 0.151. The molecule has 1 aliphatic carbocycles. The molecular formula is C17H25N3O. The molecule has 0 unspecified atom stereocenters. The molecule has 1 saturated carbocycles. The zero-order valence-corrected chi connectivity index (χ0v) is 12.5. The molecule has 0 spiro atoms. The fourth-order valence-electron chi connectivity index (χ4n) is 3.32. The average Bonchev–Trinajstić information content (AvgIpc) is 3.01. The number of carbonyl (C=O) groups excluding carboxylic acids is 1. The number of nitrogens with one attached hydrogen (secondary N) is 3. The third-order valence-electron chi connectivity index (χ3n) is 4.57. The van der Waals surface area contributed by atoms with Gasteiger partial charge in [0.2, 0.25) is 5.91 Å². The third-order valence-corrected chi connectivity index (χ3v) is 4.57. The first-order valence-electron chi connectivity index (χ1n) is 8.19. The van der Waals surface area contributed by atoms with Crippen LogP contribution < -0.4 is 16.0 Å². The van der Waals surface area contributed by atoms with Crippen LogP contribution >= 0.6 is 0 Å². The van der Waals surface area contributed by atoms with E-state index in [0.29, 0.717) is 6.04 Å². The largest absolute Gasteiger partial charge is 0.382 e. The van der Waals surface area contributed by atoms with Crippen molar-refractivity contribution in [2.45, 2.75) is 44.6 Å². The highest BCUT2D eigenvalue weighted by Gasteiger charge is 2.21. The summed E-state index contributed by atoms with van der Waals surface area (Å²) in [7, 11) is 0. The lowest BCUT2D eigenvalue weighted by atomic mass is 9.97. The van der Waals surface area contributed by atoms with E-state index in [4.69, 9.17) is 0 Å². The normalized spacial score (nSPS) is 20.4. The molecule has 0 bridgehead atoms. The van der Waals surface area contributed by atoms with Crippen LogP contribution in [0.4, 0.5) is 11.4 Å². The van der Waals surface area contributed by atoms with E-state index in [9.17, 15) is 4.79 Å². The molecule has 3 N–H and O–H groups in total. The van der Waals surface area contributed by atoms with Gasteiger partial charge < -0.3 is 16.0 Å². The van der Waals surface area contributed by atoms with Gasteiger partial charge in [0.05, 0.1) is 0 Å². The number of piperidine rings is 1. The first kappa shape index (κ1) is 14.4. The van der Waals surface area contributed by atoms with E-state index in [0.717, 1.165) is 37.3 Å². The molecule has 1 aromatic carbocycles. The first-order chi connectivity index (χ1) is 10.3. The van der Waals surface area contributed by atoms with Crippen LogP contribution in [-0.4, -0.2) is 25.0 Å². The maximum absolute atomic E-state index is 12.3. The number of hydrogen-bond acceptors (Lipinski definition) is 3.